The minimum atomic E-state index is -1.61. The van der Waals surface area contributed by atoms with Crippen LogP contribution in [0.4, 0.5) is 0 Å². The molecule has 0 unspecified atom stereocenters. The molecule has 16 N–H and O–H groups in total. The quantitative estimate of drug-likeness (QED) is 0.0427. The van der Waals surface area contributed by atoms with Crippen LogP contribution in [-0.2, 0) is 40.0 Å². The summed E-state index contributed by atoms with van der Waals surface area (Å²) in [6.45, 7) is 0.258. The highest BCUT2D eigenvalue weighted by atomic mass is 16.4. The lowest BCUT2D eigenvalue weighted by molar-refractivity contribution is -0.145. The molecule has 2 aromatic rings. The number of nitrogens with one attached hydrogen (secondary N) is 6. The zero-order valence-corrected chi connectivity index (χ0v) is 33.2. The number of carbonyl (C=O) groups is 7. The van der Waals surface area contributed by atoms with Crippen molar-refractivity contribution >= 4 is 52.3 Å². The van der Waals surface area contributed by atoms with Crippen LogP contribution < -0.4 is 43.8 Å². The number of rotatable bonds is 25. The average molecular weight is 833 g/mol. The van der Waals surface area contributed by atoms with Gasteiger partial charge >= 0.3 is 5.97 Å². The number of nitrogens with zero attached hydrogens (tertiary/aromatic N) is 1. The second-order valence-electron chi connectivity index (χ2n) is 14.6. The fourth-order valence-corrected chi connectivity index (χ4v) is 6.70. The number of aromatic amines is 1. The van der Waals surface area contributed by atoms with Crippen LogP contribution in [0.1, 0.15) is 63.9 Å². The number of carboxylic acid groups (broad SMARTS) is 1. The highest BCUT2D eigenvalue weighted by molar-refractivity contribution is 5.97. The molecular formula is C38H60N10O11. The Hall–Kier alpha value is -5.19. The number of likely N-dealkylation sites (tertiary alicyclic amines) is 1. The van der Waals surface area contributed by atoms with Crippen molar-refractivity contribution in [3.63, 3.8) is 0 Å². The molecule has 6 amide bonds. The summed E-state index contributed by atoms with van der Waals surface area (Å²) in [5.74, 6) is -6.29. The number of benzene rings is 1. The normalized spacial score (nSPS) is 17.5. The summed E-state index contributed by atoms with van der Waals surface area (Å²) < 4.78 is 0. The molecule has 1 aliphatic heterocycles. The van der Waals surface area contributed by atoms with Crippen molar-refractivity contribution in [1.29, 1.82) is 0 Å². The molecule has 59 heavy (non-hydrogen) atoms. The van der Waals surface area contributed by atoms with E-state index in [1.807, 2.05) is 12.1 Å². The Labute approximate surface area is 341 Å². The topological polar surface area (TPSA) is 358 Å². The minimum absolute atomic E-state index is 0.0906. The van der Waals surface area contributed by atoms with Crippen molar-refractivity contribution < 1.29 is 54.0 Å². The number of hydrogen-bond donors (Lipinski definition) is 13. The van der Waals surface area contributed by atoms with Crippen LogP contribution in [0.2, 0.25) is 0 Å². The lowest BCUT2D eigenvalue weighted by atomic mass is 10.0. The zero-order valence-electron chi connectivity index (χ0n) is 33.2. The smallest absolute Gasteiger partial charge is 0.328 e. The van der Waals surface area contributed by atoms with Gasteiger partial charge in [0.15, 0.2) is 0 Å². The van der Waals surface area contributed by atoms with Crippen molar-refractivity contribution in [2.45, 2.75) is 113 Å². The van der Waals surface area contributed by atoms with Gasteiger partial charge in [-0.3, -0.25) is 28.8 Å². The summed E-state index contributed by atoms with van der Waals surface area (Å²) in [5, 5.41) is 52.0. The third-order valence-corrected chi connectivity index (χ3v) is 10.1. The molecule has 1 fully saturated rings. The molecule has 0 saturated carbocycles. The lowest BCUT2D eigenvalue weighted by Crippen LogP contribution is -2.61. The predicted molar refractivity (Wildman–Crippen MR) is 214 cm³/mol. The van der Waals surface area contributed by atoms with Gasteiger partial charge in [0.25, 0.3) is 0 Å². The maximum atomic E-state index is 14.3. The number of aliphatic hydroxyl groups is 3. The molecule has 1 aromatic heterocycles. The monoisotopic (exact) mass is 832 g/mol. The number of aromatic nitrogens is 1. The highest BCUT2D eigenvalue weighted by Crippen LogP contribution is 2.22. The van der Waals surface area contributed by atoms with Gasteiger partial charge in [0.2, 0.25) is 35.4 Å². The molecule has 1 aromatic carbocycles. The molecule has 3 rings (SSSR count). The van der Waals surface area contributed by atoms with E-state index in [2.05, 4.69) is 31.6 Å². The van der Waals surface area contributed by atoms with E-state index in [4.69, 9.17) is 17.2 Å². The van der Waals surface area contributed by atoms with Crippen LogP contribution in [0, 0.1) is 0 Å². The Bertz CT molecular complexity index is 1740. The van der Waals surface area contributed by atoms with E-state index in [0.29, 0.717) is 50.8 Å². The van der Waals surface area contributed by atoms with Crippen LogP contribution in [0.3, 0.4) is 0 Å². The number of unbranched alkanes of at least 4 members (excludes halogenated alkanes) is 2. The van der Waals surface area contributed by atoms with Crippen molar-refractivity contribution in [1.82, 2.24) is 36.5 Å². The van der Waals surface area contributed by atoms with E-state index in [0.717, 1.165) is 10.9 Å². The summed E-state index contributed by atoms with van der Waals surface area (Å²) in [7, 11) is 0. The van der Waals surface area contributed by atoms with Crippen molar-refractivity contribution in [3.05, 3.63) is 36.0 Å². The largest absolute Gasteiger partial charge is 0.480 e. The van der Waals surface area contributed by atoms with E-state index in [-0.39, 0.29) is 32.2 Å². The molecule has 2 heterocycles. The molecule has 1 saturated heterocycles. The number of aliphatic hydroxyl groups excluding tert-OH is 3. The van der Waals surface area contributed by atoms with E-state index in [9.17, 15) is 54.0 Å². The number of para-hydroxylation sites is 1. The molecule has 21 nitrogen and oxygen atoms in total. The van der Waals surface area contributed by atoms with Crippen molar-refractivity contribution in [2.75, 3.05) is 32.8 Å². The van der Waals surface area contributed by atoms with Crippen LogP contribution in [0.15, 0.2) is 30.5 Å². The van der Waals surface area contributed by atoms with Crippen molar-refractivity contribution in [2.24, 2.45) is 17.2 Å². The number of aliphatic carboxylic acids is 1. The van der Waals surface area contributed by atoms with Crippen LogP contribution in [0.25, 0.3) is 10.9 Å². The molecule has 0 radical (unpaired) electrons. The number of carboxylic acids is 1. The fourth-order valence-electron chi connectivity index (χ4n) is 6.70. The Morgan fingerprint density at radius 2 is 1.34 bits per heavy atom. The maximum Gasteiger partial charge on any atom is 0.328 e. The first-order valence-electron chi connectivity index (χ1n) is 19.8. The maximum absolute atomic E-state index is 14.3. The number of amides is 6. The second-order valence-corrected chi connectivity index (χ2v) is 14.6. The molecule has 0 spiro atoms. The molecule has 21 heteroatoms. The van der Waals surface area contributed by atoms with Crippen molar-refractivity contribution in [3.8, 4) is 0 Å². The SMILES string of the molecule is C[C@@H](O)[C@H](N)C(=O)N[C@@H](CCCCN)C(=O)N[C@@H](CO)C(=O)N[C@@H](Cc1c[nH]c2ccccc12)C(=O)N[C@@H](CCCCN)C(=O)N1CCC[C@H]1C(=O)N[C@@H](CO)C(=O)O. The van der Waals surface area contributed by atoms with Gasteiger partial charge in [-0.1, -0.05) is 18.2 Å². The predicted octanol–water partition coefficient (Wildman–Crippen LogP) is -3.84. The molecule has 328 valence electrons. The van der Waals surface area contributed by atoms with Gasteiger partial charge in [-0.25, -0.2) is 4.79 Å². The van der Waals surface area contributed by atoms with Crippen LogP contribution in [-0.4, -0.2) is 153 Å². The van der Waals surface area contributed by atoms with Gasteiger partial charge in [0, 0.05) is 30.1 Å². The van der Waals surface area contributed by atoms with Gasteiger partial charge in [-0.2, -0.15) is 0 Å². The minimum Gasteiger partial charge on any atom is -0.480 e. The summed E-state index contributed by atoms with van der Waals surface area (Å²) in [5.41, 5.74) is 18.4. The van der Waals surface area contributed by atoms with Gasteiger partial charge < -0.3 is 74.1 Å². The average Bonchev–Trinajstić information content (AvgIpc) is 3.88. The highest BCUT2D eigenvalue weighted by Gasteiger charge is 2.40. The summed E-state index contributed by atoms with van der Waals surface area (Å²) in [6, 6.07) is -2.23. The Morgan fingerprint density at radius 3 is 1.95 bits per heavy atom. The van der Waals surface area contributed by atoms with E-state index < -0.39 is 103 Å². The van der Waals surface area contributed by atoms with Gasteiger partial charge in [0.05, 0.1) is 19.3 Å². The number of fused-ring (bicyclic) bond motifs is 1. The number of H-pyrrole nitrogens is 1. The summed E-state index contributed by atoms with van der Waals surface area (Å²) >= 11 is 0. The number of hydrogen-bond acceptors (Lipinski definition) is 13. The standard InChI is InChI=1S/C38H60N10O11/c1-21(51)31(41)36(56)43-25(11-4-6-14-39)32(52)46-28(19-49)34(54)45-27(17-22-18-42-24-10-3-2-9-23(22)24)33(53)44-26(12-5-7-15-40)37(57)48-16-8-13-30(48)35(55)47-29(20-50)38(58)59/h2-3,9-10,18,21,25-31,42,49-51H,4-8,11-17,19-20,39-41H2,1H3,(H,43,56)(H,44,53)(H,45,54)(H,46,52)(H,47,55)(H,58,59)/t21-,25+,26+,27+,28+,29+,30+,31+/m1/s1. The lowest BCUT2D eigenvalue weighted by Gasteiger charge is -2.30. The van der Waals surface area contributed by atoms with Gasteiger partial charge in [0.1, 0.15) is 42.3 Å². The second kappa shape index (κ2) is 24.0. The zero-order chi connectivity index (χ0) is 43.6. The summed E-state index contributed by atoms with van der Waals surface area (Å²) in [4.78, 5) is 97.2. The third kappa shape index (κ3) is 14.0. The Morgan fingerprint density at radius 1 is 0.780 bits per heavy atom. The van der Waals surface area contributed by atoms with E-state index in [1.165, 1.54) is 11.8 Å². The van der Waals surface area contributed by atoms with Gasteiger partial charge in [-0.15, -0.1) is 0 Å². The fraction of sp³-hybridized carbons (Fsp3) is 0.605. The first-order chi connectivity index (χ1) is 28.2. The van der Waals surface area contributed by atoms with Gasteiger partial charge in [-0.05, 0) is 83.0 Å². The molecular weight excluding hydrogens is 772 g/mol. The molecule has 0 aliphatic carbocycles. The first-order valence-corrected chi connectivity index (χ1v) is 19.8. The Kier molecular flexibility index (Phi) is 19.6. The molecule has 8 atom stereocenters. The summed E-state index contributed by atoms with van der Waals surface area (Å²) in [6.07, 6.45) is 2.91. The van der Waals surface area contributed by atoms with E-state index in [1.54, 1.807) is 18.3 Å². The molecule has 0 bridgehead atoms. The van der Waals surface area contributed by atoms with Crippen LogP contribution >= 0.6 is 0 Å². The Balaban J connectivity index is 1.89. The van der Waals surface area contributed by atoms with Crippen LogP contribution in [0.5, 0.6) is 0 Å². The third-order valence-electron chi connectivity index (χ3n) is 10.1. The van der Waals surface area contributed by atoms with E-state index >= 15 is 0 Å². The number of nitrogens with two attached hydrogens (primary N) is 3. The molecule has 1 aliphatic rings. The first kappa shape index (κ1) is 48.2. The number of carbonyl (C=O) groups excluding carboxylic acids is 6.